The summed E-state index contributed by atoms with van der Waals surface area (Å²) in [6.07, 6.45) is 0.851. The molecule has 0 aliphatic heterocycles. The van der Waals surface area contributed by atoms with Gasteiger partial charge in [0.2, 0.25) is 0 Å². The van der Waals surface area contributed by atoms with E-state index < -0.39 is 0 Å². The van der Waals surface area contributed by atoms with Gasteiger partial charge in [-0.25, -0.2) is 4.98 Å². The topological polar surface area (TPSA) is 17.8 Å². The van der Waals surface area contributed by atoms with Gasteiger partial charge in [0, 0.05) is 12.1 Å². The Kier molecular flexibility index (Phi) is 10.3. The summed E-state index contributed by atoms with van der Waals surface area (Å²) in [7, 11) is 18.7. The van der Waals surface area contributed by atoms with Crippen LogP contribution in [0.1, 0.15) is 12.7 Å². The summed E-state index contributed by atoms with van der Waals surface area (Å²) < 4.78 is 2.33. The van der Waals surface area contributed by atoms with E-state index in [9.17, 15) is 0 Å². The Bertz CT molecular complexity index is 3330. The summed E-state index contributed by atoms with van der Waals surface area (Å²) in [4.78, 5) is 5.01. The van der Waals surface area contributed by atoms with Crippen LogP contribution in [0.2, 0.25) is 0 Å². The molecule has 0 unspecified atom stereocenters. The molecule has 0 saturated carbocycles. The highest BCUT2D eigenvalue weighted by molar-refractivity contribution is 6.71. The molecular formula is C53H46B8N2. The van der Waals surface area contributed by atoms with Crippen molar-refractivity contribution in [1.29, 1.82) is 0 Å². The van der Waals surface area contributed by atoms with Crippen molar-refractivity contribution in [1.82, 2.24) is 9.55 Å². The smallest absolute Gasteiger partial charge is 0.139 e. The van der Waals surface area contributed by atoms with Gasteiger partial charge in [-0.1, -0.05) is 132 Å². The van der Waals surface area contributed by atoms with Crippen LogP contribution in [-0.2, 0) is 6.42 Å². The van der Waals surface area contributed by atoms with Crippen LogP contribution in [0, 0.1) is 0 Å². The van der Waals surface area contributed by atoms with Gasteiger partial charge in [-0.05, 0) is 126 Å². The zero-order chi connectivity index (χ0) is 43.7. The van der Waals surface area contributed by atoms with Crippen LogP contribution in [0.15, 0.2) is 152 Å². The van der Waals surface area contributed by atoms with Gasteiger partial charge in [-0.3, -0.25) is 4.57 Å². The highest BCUT2D eigenvalue weighted by Gasteiger charge is 2.26. The van der Waals surface area contributed by atoms with Crippen molar-refractivity contribution < 1.29 is 0 Å². The fourth-order valence-corrected chi connectivity index (χ4v) is 10.3. The standard InChI is InChI=1S/C53H46B8N2/c1-2-39-62-37-21-9-10-22-38(37)63(39)36-20-12-18-31(27-36)30-17-11-19-32(23-30)40-42-44(48(56)52(60)50(58)46(42)54)41(45-43(40)47(55)51(59)53(61)49(45)57)35-25-33(28-13-5-3-6-14-28)24-34(26-35)29-15-7-4-8-16-29/h3-27H,2,54-61H2,1H3. The minimum atomic E-state index is 0.851. The first-order chi connectivity index (χ1) is 30.5. The van der Waals surface area contributed by atoms with Crippen LogP contribution in [-0.4, -0.2) is 72.3 Å². The Labute approximate surface area is 378 Å². The van der Waals surface area contributed by atoms with Gasteiger partial charge in [-0.2, -0.15) is 0 Å². The molecule has 10 aromatic rings. The minimum absolute atomic E-state index is 0.851. The molecule has 0 N–H and O–H groups in total. The number of imidazole rings is 1. The molecule has 0 aliphatic rings. The lowest BCUT2D eigenvalue weighted by atomic mass is 9.59. The molecule has 10 rings (SSSR count). The maximum absolute atomic E-state index is 5.01. The molecular weight excluding hydrogens is 751 g/mol. The lowest BCUT2D eigenvalue weighted by Crippen LogP contribution is -2.50. The second-order valence-corrected chi connectivity index (χ2v) is 17.6. The number of rotatable bonds is 7. The van der Waals surface area contributed by atoms with E-state index in [1.165, 1.54) is 121 Å². The second-order valence-electron chi connectivity index (χ2n) is 17.6. The first-order valence-electron chi connectivity index (χ1n) is 22.5. The number of benzene rings is 9. The summed E-state index contributed by atoms with van der Waals surface area (Å²) in [6, 6.07) is 55.8. The molecule has 0 amide bonds. The second kappa shape index (κ2) is 16.0. The third-order valence-electron chi connectivity index (χ3n) is 14.3. The molecule has 0 fully saturated rings. The van der Waals surface area contributed by atoms with Gasteiger partial charge in [0.15, 0.2) is 0 Å². The Morgan fingerprint density at radius 3 is 1.29 bits per heavy atom. The lowest BCUT2D eigenvalue weighted by molar-refractivity contribution is 0.908. The maximum Gasteiger partial charge on any atom is 0.139 e. The van der Waals surface area contributed by atoms with Gasteiger partial charge in [0.05, 0.1) is 11.0 Å². The summed E-state index contributed by atoms with van der Waals surface area (Å²) in [5, 5.41) is 5.39. The Hall–Kier alpha value is -6.51. The molecule has 0 spiro atoms. The number of aryl methyl sites for hydroxylation is 1. The average Bonchev–Trinajstić information content (AvgIpc) is 3.72. The van der Waals surface area contributed by atoms with Gasteiger partial charge < -0.3 is 0 Å². The van der Waals surface area contributed by atoms with Gasteiger partial charge in [0.1, 0.15) is 68.6 Å². The van der Waals surface area contributed by atoms with Crippen LogP contribution >= 0.6 is 0 Å². The average molecular weight is 797 g/mol. The van der Waals surface area contributed by atoms with E-state index in [2.05, 4.69) is 226 Å². The van der Waals surface area contributed by atoms with Crippen molar-refractivity contribution >= 4 is 139 Å². The molecule has 0 saturated heterocycles. The fourth-order valence-electron chi connectivity index (χ4n) is 10.3. The molecule has 1 heterocycles. The number of aromatic nitrogens is 2. The number of para-hydroxylation sites is 2. The lowest BCUT2D eigenvalue weighted by Gasteiger charge is -2.28. The zero-order valence-corrected chi connectivity index (χ0v) is 38.0. The number of fused-ring (bicyclic) bond motifs is 3. The van der Waals surface area contributed by atoms with E-state index in [0.29, 0.717) is 0 Å². The van der Waals surface area contributed by atoms with Gasteiger partial charge >= 0.3 is 0 Å². The fraction of sp³-hybridized carbons (Fsp3) is 0.0377. The summed E-state index contributed by atoms with van der Waals surface area (Å²) in [5.41, 5.74) is 26.5. The molecule has 0 atom stereocenters. The van der Waals surface area contributed by atoms with E-state index in [1.807, 2.05) is 0 Å². The molecule has 1 aromatic heterocycles. The predicted molar refractivity (Wildman–Crippen MR) is 298 cm³/mol. The predicted octanol–water partition coefficient (Wildman–Crippen LogP) is 0.297. The van der Waals surface area contributed by atoms with E-state index in [1.54, 1.807) is 0 Å². The Balaban J connectivity index is 1.30. The number of nitrogens with zero attached hydrogens (tertiary/aromatic N) is 2. The van der Waals surface area contributed by atoms with Gasteiger partial charge in [0.25, 0.3) is 0 Å². The largest absolute Gasteiger partial charge is 0.296 e. The molecule has 0 radical (unpaired) electrons. The Morgan fingerprint density at radius 1 is 0.365 bits per heavy atom. The van der Waals surface area contributed by atoms with Crippen LogP contribution in [0.5, 0.6) is 0 Å². The summed E-state index contributed by atoms with van der Waals surface area (Å²) >= 11 is 0. The van der Waals surface area contributed by atoms with Crippen LogP contribution in [0.3, 0.4) is 0 Å². The van der Waals surface area contributed by atoms with Crippen molar-refractivity contribution in [2.24, 2.45) is 0 Å². The third-order valence-corrected chi connectivity index (χ3v) is 14.3. The zero-order valence-electron chi connectivity index (χ0n) is 38.0. The normalized spacial score (nSPS) is 11.5. The molecule has 10 heteroatoms. The monoisotopic (exact) mass is 798 g/mol. The number of hydrogen-bond donors (Lipinski definition) is 0. The van der Waals surface area contributed by atoms with E-state index >= 15 is 0 Å². The van der Waals surface area contributed by atoms with E-state index in [0.717, 1.165) is 29.0 Å². The molecule has 0 aliphatic carbocycles. The Morgan fingerprint density at radius 2 is 0.762 bits per heavy atom. The third kappa shape index (κ3) is 6.65. The van der Waals surface area contributed by atoms with Gasteiger partial charge in [-0.15, -0.1) is 21.9 Å². The molecule has 2 nitrogen and oxygen atoms in total. The quantitative estimate of drug-likeness (QED) is 0.168. The maximum atomic E-state index is 5.01. The number of hydrogen-bond acceptors (Lipinski definition) is 1. The molecule has 0 bridgehead atoms. The summed E-state index contributed by atoms with van der Waals surface area (Å²) in [6.45, 7) is 2.19. The SMILES string of the molecule is Bc1c(B)c(B)c2c(-c3cc(-c4ccccc4)cc(-c4ccccc4)c3)c3c(B)c(B)c(B)c(B)c3c(-c3cccc(-c4cccc(-n5c(CC)nc6ccccc65)c4)c3)c2c1B. The van der Waals surface area contributed by atoms with Crippen molar-refractivity contribution in [3.63, 3.8) is 0 Å². The van der Waals surface area contributed by atoms with E-state index in [-0.39, 0.29) is 0 Å². The summed E-state index contributed by atoms with van der Waals surface area (Å²) in [5.74, 6) is 1.07. The van der Waals surface area contributed by atoms with Crippen LogP contribution < -0.4 is 43.7 Å². The minimum Gasteiger partial charge on any atom is -0.296 e. The van der Waals surface area contributed by atoms with E-state index in [4.69, 9.17) is 4.98 Å². The highest BCUT2D eigenvalue weighted by Crippen LogP contribution is 2.43. The first kappa shape index (κ1) is 40.6. The van der Waals surface area contributed by atoms with Crippen molar-refractivity contribution in [3.8, 4) is 61.3 Å². The molecule has 292 valence electrons. The van der Waals surface area contributed by atoms with Crippen molar-refractivity contribution in [3.05, 3.63) is 157 Å². The molecule has 9 aromatic carbocycles. The highest BCUT2D eigenvalue weighted by atomic mass is 15.1. The molecule has 63 heavy (non-hydrogen) atoms. The van der Waals surface area contributed by atoms with Crippen molar-refractivity contribution in [2.75, 3.05) is 0 Å². The van der Waals surface area contributed by atoms with Crippen molar-refractivity contribution in [2.45, 2.75) is 13.3 Å². The van der Waals surface area contributed by atoms with Crippen LogP contribution in [0.25, 0.3) is 93.9 Å². The van der Waals surface area contributed by atoms with Crippen LogP contribution in [0.4, 0.5) is 0 Å². The first-order valence-corrected chi connectivity index (χ1v) is 22.5.